The maximum atomic E-state index is 12.7. The number of carbonyl (C=O) groups is 1. The molecule has 0 saturated carbocycles. The zero-order valence-corrected chi connectivity index (χ0v) is 12.9. The Morgan fingerprint density at radius 2 is 2.14 bits per heavy atom. The standard InChI is InChI=1S/C15H20N2O3S/c1-12(18)13-3-2-4-14(9-13)21(19,20)17-8-6-15(11-17)5-7-16-10-15/h2-4,9,16H,5-8,10-11H2,1H3. The molecule has 1 unspecified atom stereocenters. The van der Waals surface area contributed by atoms with Gasteiger partial charge in [0.05, 0.1) is 4.90 Å². The van der Waals surface area contributed by atoms with Crippen LogP contribution in [-0.4, -0.2) is 44.7 Å². The Kier molecular flexibility index (Phi) is 3.63. The fourth-order valence-corrected chi connectivity index (χ4v) is 4.87. The van der Waals surface area contributed by atoms with Crippen molar-refractivity contribution in [3.05, 3.63) is 29.8 Å². The lowest BCUT2D eigenvalue weighted by atomic mass is 9.87. The summed E-state index contributed by atoms with van der Waals surface area (Å²) >= 11 is 0. The number of nitrogens with zero attached hydrogens (tertiary/aromatic N) is 1. The summed E-state index contributed by atoms with van der Waals surface area (Å²) in [6.07, 6.45) is 1.94. The molecule has 0 bridgehead atoms. The molecule has 5 nitrogen and oxygen atoms in total. The summed E-state index contributed by atoms with van der Waals surface area (Å²) < 4.78 is 27.1. The van der Waals surface area contributed by atoms with Crippen LogP contribution in [0.15, 0.2) is 29.2 Å². The summed E-state index contributed by atoms with van der Waals surface area (Å²) in [5.41, 5.74) is 0.540. The first kappa shape index (κ1) is 14.7. The van der Waals surface area contributed by atoms with Gasteiger partial charge in [0.15, 0.2) is 5.78 Å². The van der Waals surface area contributed by atoms with Crippen LogP contribution in [0.1, 0.15) is 30.1 Å². The van der Waals surface area contributed by atoms with Crippen molar-refractivity contribution in [3.8, 4) is 0 Å². The molecule has 1 atom stereocenters. The van der Waals surface area contributed by atoms with Gasteiger partial charge in [0, 0.05) is 25.2 Å². The lowest BCUT2D eigenvalue weighted by Gasteiger charge is -2.22. The van der Waals surface area contributed by atoms with Crippen molar-refractivity contribution in [1.82, 2.24) is 9.62 Å². The fourth-order valence-electron chi connectivity index (χ4n) is 3.27. The van der Waals surface area contributed by atoms with Crippen LogP contribution >= 0.6 is 0 Å². The number of carbonyl (C=O) groups excluding carboxylic acids is 1. The van der Waals surface area contributed by atoms with E-state index in [1.54, 1.807) is 22.5 Å². The highest BCUT2D eigenvalue weighted by Crippen LogP contribution is 2.38. The Balaban J connectivity index is 1.87. The summed E-state index contributed by atoms with van der Waals surface area (Å²) in [6, 6.07) is 6.33. The molecule has 1 aromatic carbocycles. The molecule has 1 N–H and O–H groups in total. The molecular formula is C15H20N2O3S. The normalized spacial score (nSPS) is 26.5. The molecule has 0 aromatic heterocycles. The number of Topliss-reactive ketones (excluding diaryl/α,β-unsaturated/α-hetero) is 1. The molecule has 2 aliphatic rings. The molecule has 0 aliphatic carbocycles. The number of benzene rings is 1. The molecule has 0 amide bonds. The highest BCUT2D eigenvalue weighted by atomic mass is 32.2. The second kappa shape index (κ2) is 5.19. The van der Waals surface area contributed by atoms with Crippen molar-refractivity contribution < 1.29 is 13.2 Å². The molecule has 0 radical (unpaired) electrons. The van der Waals surface area contributed by atoms with Crippen molar-refractivity contribution in [2.75, 3.05) is 26.2 Å². The van der Waals surface area contributed by atoms with Crippen molar-refractivity contribution in [2.24, 2.45) is 5.41 Å². The Labute approximate surface area is 125 Å². The van der Waals surface area contributed by atoms with Gasteiger partial charge in [0.1, 0.15) is 0 Å². The van der Waals surface area contributed by atoms with E-state index in [0.29, 0.717) is 18.7 Å². The SMILES string of the molecule is CC(=O)c1cccc(S(=O)(=O)N2CCC3(CCNC3)C2)c1. The minimum atomic E-state index is -3.50. The topological polar surface area (TPSA) is 66.5 Å². The summed E-state index contributed by atoms with van der Waals surface area (Å²) in [5, 5.41) is 3.32. The summed E-state index contributed by atoms with van der Waals surface area (Å²) in [6.45, 7) is 4.45. The van der Waals surface area contributed by atoms with Gasteiger partial charge in [-0.3, -0.25) is 4.79 Å². The first-order valence-corrected chi connectivity index (χ1v) is 8.69. The Bertz CT molecular complexity index is 663. The predicted molar refractivity (Wildman–Crippen MR) is 79.7 cm³/mol. The molecule has 2 heterocycles. The quantitative estimate of drug-likeness (QED) is 0.854. The lowest BCUT2D eigenvalue weighted by molar-refractivity contribution is 0.101. The van der Waals surface area contributed by atoms with Crippen LogP contribution in [0.3, 0.4) is 0 Å². The third kappa shape index (κ3) is 2.63. The van der Waals surface area contributed by atoms with E-state index < -0.39 is 10.0 Å². The summed E-state index contributed by atoms with van der Waals surface area (Å²) in [4.78, 5) is 11.7. The molecular weight excluding hydrogens is 288 g/mol. The minimum Gasteiger partial charge on any atom is -0.316 e. The average molecular weight is 308 g/mol. The van der Waals surface area contributed by atoms with Crippen LogP contribution < -0.4 is 5.32 Å². The summed E-state index contributed by atoms with van der Waals surface area (Å²) in [5.74, 6) is -0.120. The minimum absolute atomic E-state index is 0.102. The summed E-state index contributed by atoms with van der Waals surface area (Å²) in [7, 11) is -3.50. The fraction of sp³-hybridized carbons (Fsp3) is 0.533. The lowest BCUT2D eigenvalue weighted by Crippen LogP contribution is -2.33. The largest absolute Gasteiger partial charge is 0.316 e. The zero-order chi connectivity index (χ0) is 15.1. The van der Waals surface area contributed by atoms with Crippen LogP contribution in [0.5, 0.6) is 0 Å². The van der Waals surface area contributed by atoms with Gasteiger partial charge in [0.2, 0.25) is 10.0 Å². The van der Waals surface area contributed by atoms with Gasteiger partial charge in [-0.1, -0.05) is 12.1 Å². The number of sulfonamides is 1. The van der Waals surface area contributed by atoms with E-state index in [1.807, 2.05) is 0 Å². The molecule has 2 fully saturated rings. The monoisotopic (exact) mass is 308 g/mol. The smallest absolute Gasteiger partial charge is 0.243 e. The molecule has 1 aromatic rings. The van der Waals surface area contributed by atoms with Crippen molar-refractivity contribution >= 4 is 15.8 Å². The number of hydrogen-bond acceptors (Lipinski definition) is 4. The Hall–Kier alpha value is -1.24. The Morgan fingerprint density at radius 1 is 1.33 bits per heavy atom. The third-order valence-corrected chi connectivity index (χ3v) is 6.45. The first-order valence-electron chi connectivity index (χ1n) is 7.25. The second-order valence-electron chi connectivity index (χ2n) is 6.10. The van der Waals surface area contributed by atoms with Crippen molar-refractivity contribution in [2.45, 2.75) is 24.7 Å². The van der Waals surface area contributed by atoms with Gasteiger partial charge < -0.3 is 5.32 Å². The molecule has 2 aliphatic heterocycles. The molecule has 1 spiro atoms. The van der Waals surface area contributed by atoms with Gasteiger partial charge >= 0.3 is 0 Å². The maximum absolute atomic E-state index is 12.7. The van der Waals surface area contributed by atoms with Crippen molar-refractivity contribution in [3.63, 3.8) is 0 Å². The Morgan fingerprint density at radius 3 is 2.81 bits per heavy atom. The van der Waals surface area contributed by atoms with E-state index in [4.69, 9.17) is 0 Å². The van der Waals surface area contributed by atoms with Crippen LogP contribution in [0.2, 0.25) is 0 Å². The number of hydrogen-bond donors (Lipinski definition) is 1. The van der Waals surface area contributed by atoms with Crippen LogP contribution in [-0.2, 0) is 10.0 Å². The van der Waals surface area contributed by atoms with Crippen LogP contribution in [0.4, 0.5) is 0 Å². The predicted octanol–water partition coefficient (Wildman–Crippen LogP) is 1.26. The second-order valence-corrected chi connectivity index (χ2v) is 8.04. The van der Waals surface area contributed by atoms with Crippen molar-refractivity contribution in [1.29, 1.82) is 0 Å². The van der Waals surface area contributed by atoms with Crippen LogP contribution in [0.25, 0.3) is 0 Å². The number of ketones is 1. The van der Waals surface area contributed by atoms with E-state index >= 15 is 0 Å². The van der Waals surface area contributed by atoms with Gasteiger partial charge in [-0.25, -0.2) is 8.42 Å². The van der Waals surface area contributed by atoms with Gasteiger partial charge in [-0.2, -0.15) is 4.31 Å². The van der Waals surface area contributed by atoms with E-state index in [1.165, 1.54) is 13.0 Å². The van der Waals surface area contributed by atoms with Crippen LogP contribution in [0, 0.1) is 5.41 Å². The molecule has 2 saturated heterocycles. The molecule has 6 heteroatoms. The molecule has 21 heavy (non-hydrogen) atoms. The van der Waals surface area contributed by atoms with E-state index in [0.717, 1.165) is 25.9 Å². The molecule has 3 rings (SSSR count). The first-order chi connectivity index (χ1) is 9.93. The number of rotatable bonds is 3. The van der Waals surface area contributed by atoms with Gasteiger partial charge in [-0.05, 0) is 43.9 Å². The van der Waals surface area contributed by atoms with Gasteiger partial charge in [0.25, 0.3) is 0 Å². The van der Waals surface area contributed by atoms with E-state index in [9.17, 15) is 13.2 Å². The van der Waals surface area contributed by atoms with Gasteiger partial charge in [-0.15, -0.1) is 0 Å². The van der Waals surface area contributed by atoms with E-state index in [-0.39, 0.29) is 16.1 Å². The number of nitrogens with one attached hydrogen (secondary N) is 1. The van der Waals surface area contributed by atoms with E-state index in [2.05, 4.69) is 5.32 Å². The molecule has 114 valence electrons. The average Bonchev–Trinajstić information content (AvgIpc) is 3.10. The highest BCUT2D eigenvalue weighted by molar-refractivity contribution is 7.89. The zero-order valence-electron chi connectivity index (χ0n) is 12.1. The third-order valence-electron chi connectivity index (χ3n) is 4.61. The highest BCUT2D eigenvalue weighted by Gasteiger charge is 2.44. The maximum Gasteiger partial charge on any atom is 0.243 e.